The van der Waals surface area contributed by atoms with Gasteiger partial charge in [-0.2, -0.15) is 5.10 Å². The molecule has 0 saturated heterocycles. The molecule has 1 atom stereocenters. The fourth-order valence-electron chi connectivity index (χ4n) is 1.45. The number of aromatic nitrogens is 2. The minimum absolute atomic E-state index is 0.0985. The summed E-state index contributed by atoms with van der Waals surface area (Å²) in [5.41, 5.74) is 0.269. The van der Waals surface area contributed by atoms with Crippen molar-refractivity contribution in [1.29, 1.82) is 0 Å². The molecule has 0 saturated carbocycles. The maximum Gasteiger partial charge on any atom is 0.287 e. The van der Waals surface area contributed by atoms with Crippen LogP contribution < -0.4 is 10.9 Å². The minimum Gasteiger partial charge on any atom is -0.375 e. The topological polar surface area (TPSA) is 46.9 Å². The van der Waals surface area contributed by atoms with E-state index in [0.717, 1.165) is 0 Å². The molecular formula is C11H12ClN3OS. The maximum atomic E-state index is 11.6. The van der Waals surface area contributed by atoms with Crippen LogP contribution in [0.1, 0.15) is 17.8 Å². The monoisotopic (exact) mass is 269 g/mol. The number of nitrogens with one attached hydrogen (secondary N) is 1. The van der Waals surface area contributed by atoms with E-state index in [-0.39, 0.29) is 16.6 Å². The second kappa shape index (κ2) is 4.89. The standard InChI is InChI=1S/C11H12ClN3OS/c1-7(9-4-3-5-17-9)14-8-6-13-15(2)11(16)10(8)12/h3-7,14H,1-2H3. The van der Waals surface area contributed by atoms with Crippen LogP contribution in [-0.2, 0) is 7.05 Å². The van der Waals surface area contributed by atoms with Crippen LogP contribution in [0.2, 0.25) is 5.02 Å². The SMILES string of the molecule is CC(Nc1cnn(C)c(=O)c1Cl)c1cccs1. The van der Waals surface area contributed by atoms with Gasteiger partial charge in [0.05, 0.1) is 17.9 Å². The summed E-state index contributed by atoms with van der Waals surface area (Å²) in [5.74, 6) is 0. The molecule has 6 heteroatoms. The first-order valence-corrected chi connectivity index (χ1v) is 6.37. The van der Waals surface area contributed by atoms with E-state index in [1.165, 1.54) is 9.56 Å². The molecule has 4 nitrogen and oxygen atoms in total. The van der Waals surface area contributed by atoms with Crippen molar-refractivity contribution in [2.75, 3.05) is 5.32 Å². The lowest BCUT2D eigenvalue weighted by Crippen LogP contribution is -2.21. The zero-order valence-corrected chi connectivity index (χ0v) is 11.0. The van der Waals surface area contributed by atoms with E-state index < -0.39 is 0 Å². The summed E-state index contributed by atoms with van der Waals surface area (Å²) in [6.45, 7) is 2.01. The minimum atomic E-state index is -0.296. The number of rotatable bonds is 3. The molecule has 90 valence electrons. The summed E-state index contributed by atoms with van der Waals surface area (Å²) in [6.07, 6.45) is 1.56. The fourth-order valence-corrected chi connectivity index (χ4v) is 2.41. The van der Waals surface area contributed by atoms with Crippen molar-refractivity contribution in [3.63, 3.8) is 0 Å². The Hall–Kier alpha value is -1.33. The van der Waals surface area contributed by atoms with Crippen molar-refractivity contribution in [1.82, 2.24) is 9.78 Å². The largest absolute Gasteiger partial charge is 0.375 e. The van der Waals surface area contributed by atoms with E-state index in [4.69, 9.17) is 11.6 Å². The zero-order chi connectivity index (χ0) is 12.4. The van der Waals surface area contributed by atoms with Gasteiger partial charge in [0.15, 0.2) is 0 Å². The van der Waals surface area contributed by atoms with E-state index in [1.54, 1.807) is 24.6 Å². The second-order valence-electron chi connectivity index (χ2n) is 3.68. The average Bonchev–Trinajstić information content (AvgIpc) is 2.83. The Morgan fingerprint density at radius 3 is 3.00 bits per heavy atom. The lowest BCUT2D eigenvalue weighted by atomic mass is 10.2. The van der Waals surface area contributed by atoms with Crippen LogP contribution in [0.4, 0.5) is 5.69 Å². The molecule has 2 rings (SSSR count). The summed E-state index contributed by atoms with van der Waals surface area (Å²) >= 11 is 7.63. The third kappa shape index (κ3) is 2.50. The molecule has 0 aliphatic rings. The lowest BCUT2D eigenvalue weighted by Gasteiger charge is -2.14. The van der Waals surface area contributed by atoms with Gasteiger partial charge < -0.3 is 5.32 Å². The molecule has 2 aromatic heterocycles. The van der Waals surface area contributed by atoms with Gasteiger partial charge in [-0.15, -0.1) is 11.3 Å². The van der Waals surface area contributed by atoms with E-state index in [2.05, 4.69) is 10.4 Å². The highest BCUT2D eigenvalue weighted by Gasteiger charge is 2.11. The van der Waals surface area contributed by atoms with Crippen LogP contribution in [0, 0.1) is 0 Å². The van der Waals surface area contributed by atoms with Gasteiger partial charge in [-0.3, -0.25) is 4.79 Å². The highest BCUT2D eigenvalue weighted by atomic mass is 35.5. The van der Waals surface area contributed by atoms with Crippen LogP contribution in [0.5, 0.6) is 0 Å². The number of halogens is 1. The van der Waals surface area contributed by atoms with Crippen LogP contribution in [0.3, 0.4) is 0 Å². The zero-order valence-electron chi connectivity index (χ0n) is 9.48. The summed E-state index contributed by atoms with van der Waals surface area (Å²) in [6, 6.07) is 4.12. The Kier molecular flexibility index (Phi) is 3.49. The Morgan fingerprint density at radius 1 is 1.59 bits per heavy atom. The molecule has 0 fully saturated rings. The quantitative estimate of drug-likeness (QED) is 0.932. The number of hydrogen-bond acceptors (Lipinski definition) is 4. The molecule has 1 N–H and O–H groups in total. The first-order chi connectivity index (χ1) is 8.09. The van der Waals surface area contributed by atoms with Crippen LogP contribution in [-0.4, -0.2) is 9.78 Å². The van der Waals surface area contributed by atoms with Crippen molar-refractivity contribution >= 4 is 28.6 Å². The van der Waals surface area contributed by atoms with Gasteiger partial charge in [0.25, 0.3) is 5.56 Å². The maximum absolute atomic E-state index is 11.6. The fraction of sp³-hybridized carbons (Fsp3) is 0.273. The number of aryl methyl sites for hydroxylation is 1. The van der Waals surface area contributed by atoms with Crippen LogP contribution >= 0.6 is 22.9 Å². The van der Waals surface area contributed by atoms with Gasteiger partial charge in [0, 0.05) is 11.9 Å². The smallest absolute Gasteiger partial charge is 0.287 e. The summed E-state index contributed by atoms with van der Waals surface area (Å²) in [7, 11) is 1.57. The average molecular weight is 270 g/mol. The predicted molar refractivity (Wildman–Crippen MR) is 70.8 cm³/mol. The molecule has 0 amide bonds. The molecule has 0 radical (unpaired) electrons. The summed E-state index contributed by atoms with van der Waals surface area (Å²) < 4.78 is 1.21. The number of anilines is 1. The Morgan fingerprint density at radius 2 is 2.35 bits per heavy atom. The molecule has 0 aromatic carbocycles. The first kappa shape index (κ1) is 12.1. The molecule has 0 bridgehead atoms. The lowest BCUT2D eigenvalue weighted by molar-refractivity contribution is 0.706. The predicted octanol–water partition coefficient (Wildman–Crippen LogP) is 2.67. The molecule has 0 spiro atoms. The van der Waals surface area contributed by atoms with Gasteiger partial charge in [-0.25, -0.2) is 4.68 Å². The van der Waals surface area contributed by atoms with Crippen LogP contribution in [0.25, 0.3) is 0 Å². The van der Waals surface area contributed by atoms with E-state index in [9.17, 15) is 4.79 Å². The molecular weight excluding hydrogens is 258 g/mol. The van der Waals surface area contributed by atoms with E-state index in [1.807, 2.05) is 24.4 Å². The van der Waals surface area contributed by atoms with Crippen molar-refractivity contribution < 1.29 is 0 Å². The van der Waals surface area contributed by atoms with Gasteiger partial charge >= 0.3 is 0 Å². The van der Waals surface area contributed by atoms with E-state index >= 15 is 0 Å². The molecule has 0 aliphatic heterocycles. The van der Waals surface area contributed by atoms with Crippen molar-refractivity contribution in [3.8, 4) is 0 Å². The molecule has 0 aliphatic carbocycles. The molecule has 17 heavy (non-hydrogen) atoms. The van der Waals surface area contributed by atoms with Gasteiger partial charge in [0.1, 0.15) is 5.02 Å². The summed E-state index contributed by atoms with van der Waals surface area (Å²) in [5, 5.41) is 9.30. The first-order valence-electron chi connectivity index (χ1n) is 5.11. The summed E-state index contributed by atoms with van der Waals surface area (Å²) in [4.78, 5) is 12.8. The molecule has 2 heterocycles. The van der Waals surface area contributed by atoms with Crippen molar-refractivity contribution in [2.24, 2.45) is 7.05 Å². The van der Waals surface area contributed by atoms with Gasteiger partial charge in [-0.1, -0.05) is 17.7 Å². The highest BCUT2D eigenvalue weighted by molar-refractivity contribution is 7.10. The van der Waals surface area contributed by atoms with Crippen molar-refractivity contribution in [3.05, 3.63) is 44.0 Å². The molecule has 1 unspecified atom stereocenters. The number of nitrogens with zero attached hydrogens (tertiary/aromatic N) is 2. The van der Waals surface area contributed by atoms with Crippen LogP contribution in [0.15, 0.2) is 28.5 Å². The number of hydrogen-bond donors (Lipinski definition) is 1. The van der Waals surface area contributed by atoms with E-state index in [0.29, 0.717) is 5.69 Å². The number of thiophene rings is 1. The van der Waals surface area contributed by atoms with Gasteiger partial charge in [-0.05, 0) is 18.4 Å². The van der Waals surface area contributed by atoms with Crippen molar-refractivity contribution in [2.45, 2.75) is 13.0 Å². The molecule has 2 aromatic rings. The third-order valence-electron chi connectivity index (χ3n) is 2.42. The second-order valence-corrected chi connectivity index (χ2v) is 5.04. The Labute approximate surface area is 108 Å². The Bertz CT molecular complexity index is 565. The highest BCUT2D eigenvalue weighted by Crippen LogP contribution is 2.25. The van der Waals surface area contributed by atoms with Gasteiger partial charge in [0.2, 0.25) is 0 Å². The third-order valence-corrected chi connectivity index (χ3v) is 3.84. The Balaban J connectivity index is 2.25. The normalized spacial score (nSPS) is 12.4.